The Morgan fingerprint density at radius 2 is 2.37 bits per heavy atom. The maximum absolute atomic E-state index is 8.63. The predicted molar refractivity (Wildman–Crippen MR) is 71.5 cm³/mol. The predicted octanol–water partition coefficient (Wildman–Crippen LogP) is 0.934. The lowest BCUT2D eigenvalue weighted by Gasteiger charge is -2.39. The number of rotatable bonds is 2. The van der Waals surface area contributed by atoms with Crippen molar-refractivity contribution in [3.8, 4) is 0 Å². The zero-order valence-corrected chi connectivity index (χ0v) is 10.7. The average Bonchev–Trinajstić information content (AvgIpc) is 2.95. The van der Waals surface area contributed by atoms with Crippen molar-refractivity contribution in [1.29, 1.82) is 0 Å². The number of amidine groups is 1. The van der Waals surface area contributed by atoms with Crippen LogP contribution in [-0.4, -0.2) is 41.3 Å². The van der Waals surface area contributed by atoms with E-state index in [2.05, 4.69) is 15.0 Å². The van der Waals surface area contributed by atoms with Crippen LogP contribution >= 0.6 is 0 Å². The van der Waals surface area contributed by atoms with Crippen molar-refractivity contribution < 1.29 is 9.94 Å². The fourth-order valence-corrected chi connectivity index (χ4v) is 3.00. The second kappa shape index (κ2) is 5.05. The summed E-state index contributed by atoms with van der Waals surface area (Å²) in [5, 5.41) is 11.6. The Kier molecular flexibility index (Phi) is 3.25. The summed E-state index contributed by atoms with van der Waals surface area (Å²) in [6.07, 6.45) is 5.69. The molecule has 3 rings (SSSR count). The molecule has 1 saturated heterocycles. The van der Waals surface area contributed by atoms with E-state index in [-0.39, 0.29) is 5.84 Å². The summed E-state index contributed by atoms with van der Waals surface area (Å²) in [4.78, 5) is 6.61. The summed E-state index contributed by atoms with van der Waals surface area (Å²) >= 11 is 0. The molecule has 2 atom stereocenters. The molecule has 0 aromatic carbocycles. The molecule has 2 unspecified atom stereocenters. The largest absolute Gasteiger partial charge is 0.409 e. The number of ether oxygens (including phenoxy) is 1. The van der Waals surface area contributed by atoms with Crippen molar-refractivity contribution in [1.82, 2.24) is 4.98 Å². The number of hydrogen-bond acceptors (Lipinski definition) is 5. The van der Waals surface area contributed by atoms with Crippen molar-refractivity contribution in [3.05, 3.63) is 24.0 Å². The minimum absolute atomic E-state index is 0.0345. The third kappa shape index (κ3) is 2.23. The van der Waals surface area contributed by atoms with E-state index in [1.54, 1.807) is 12.3 Å². The number of morpholine rings is 1. The molecule has 2 fully saturated rings. The summed E-state index contributed by atoms with van der Waals surface area (Å²) in [5.41, 5.74) is 7.08. The molecule has 1 aromatic rings. The van der Waals surface area contributed by atoms with Crippen LogP contribution in [0.5, 0.6) is 0 Å². The number of pyridine rings is 1. The van der Waals surface area contributed by atoms with Gasteiger partial charge in [0, 0.05) is 6.54 Å². The van der Waals surface area contributed by atoms with E-state index >= 15 is 0 Å². The fraction of sp³-hybridized carbons (Fsp3) is 0.538. The first kappa shape index (κ1) is 12.2. The molecule has 3 N–H and O–H groups in total. The van der Waals surface area contributed by atoms with E-state index in [0.29, 0.717) is 17.8 Å². The molecule has 19 heavy (non-hydrogen) atoms. The molecule has 6 nitrogen and oxygen atoms in total. The lowest BCUT2D eigenvalue weighted by Crippen LogP contribution is -2.48. The molecule has 6 heteroatoms. The molecule has 0 radical (unpaired) electrons. The average molecular weight is 262 g/mol. The highest BCUT2D eigenvalue weighted by atomic mass is 16.5. The van der Waals surface area contributed by atoms with Crippen LogP contribution in [0.15, 0.2) is 23.5 Å². The Morgan fingerprint density at radius 1 is 1.47 bits per heavy atom. The van der Waals surface area contributed by atoms with E-state index in [0.717, 1.165) is 25.3 Å². The van der Waals surface area contributed by atoms with Gasteiger partial charge in [-0.15, -0.1) is 0 Å². The van der Waals surface area contributed by atoms with Crippen LogP contribution < -0.4 is 10.6 Å². The molecule has 1 aliphatic carbocycles. The Balaban J connectivity index is 1.81. The quantitative estimate of drug-likeness (QED) is 0.358. The monoisotopic (exact) mass is 262 g/mol. The summed E-state index contributed by atoms with van der Waals surface area (Å²) in [7, 11) is 0. The van der Waals surface area contributed by atoms with Crippen LogP contribution in [0, 0.1) is 0 Å². The smallest absolute Gasteiger partial charge is 0.188 e. The molecule has 0 spiro atoms. The number of aromatic nitrogens is 1. The number of hydrogen-bond donors (Lipinski definition) is 2. The van der Waals surface area contributed by atoms with Crippen LogP contribution in [0.2, 0.25) is 0 Å². The van der Waals surface area contributed by atoms with Crippen LogP contribution in [0.4, 0.5) is 5.69 Å². The van der Waals surface area contributed by atoms with Crippen molar-refractivity contribution in [3.63, 3.8) is 0 Å². The molecule has 0 bridgehead atoms. The maximum Gasteiger partial charge on any atom is 0.188 e. The van der Waals surface area contributed by atoms with Gasteiger partial charge in [0.1, 0.15) is 5.69 Å². The Labute approximate surface area is 111 Å². The normalized spacial score (nSPS) is 27.4. The zero-order valence-electron chi connectivity index (χ0n) is 10.7. The van der Waals surface area contributed by atoms with Crippen molar-refractivity contribution >= 4 is 11.5 Å². The second-order valence-corrected chi connectivity index (χ2v) is 4.99. The summed E-state index contributed by atoms with van der Waals surface area (Å²) in [5.74, 6) is 0.0345. The molecular weight excluding hydrogens is 244 g/mol. The van der Waals surface area contributed by atoms with E-state index in [4.69, 9.17) is 15.7 Å². The van der Waals surface area contributed by atoms with Crippen molar-refractivity contribution in [2.75, 3.05) is 18.1 Å². The Hall–Kier alpha value is -1.82. The number of nitrogens with two attached hydrogens (primary N) is 1. The topological polar surface area (TPSA) is 84.0 Å². The molecule has 1 saturated carbocycles. The highest BCUT2D eigenvalue weighted by Crippen LogP contribution is 2.32. The molecule has 1 aliphatic heterocycles. The summed E-state index contributed by atoms with van der Waals surface area (Å²) in [6, 6.07) is 4.22. The van der Waals surface area contributed by atoms with E-state index in [1.807, 2.05) is 6.07 Å². The summed E-state index contributed by atoms with van der Waals surface area (Å²) < 4.78 is 5.80. The van der Waals surface area contributed by atoms with Gasteiger partial charge < -0.3 is 20.6 Å². The number of oxime groups is 1. The first-order valence-electron chi connectivity index (χ1n) is 6.62. The third-order valence-corrected chi connectivity index (χ3v) is 3.93. The molecule has 0 amide bonds. The molecule has 1 aromatic heterocycles. The van der Waals surface area contributed by atoms with Gasteiger partial charge in [0.25, 0.3) is 0 Å². The van der Waals surface area contributed by atoms with E-state index in [1.165, 1.54) is 12.8 Å². The first-order chi connectivity index (χ1) is 9.29. The highest BCUT2D eigenvalue weighted by Gasteiger charge is 2.36. The van der Waals surface area contributed by atoms with Crippen LogP contribution in [0.1, 0.15) is 25.0 Å². The van der Waals surface area contributed by atoms with Crippen LogP contribution in [-0.2, 0) is 4.74 Å². The van der Waals surface area contributed by atoms with Gasteiger partial charge in [0.2, 0.25) is 0 Å². The van der Waals surface area contributed by atoms with Gasteiger partial charge in [-0.25, -0.2) is 0 Å². The molecular formula is C13H18N4O2. The van der Waals surface area contributed by atoms with E-state index < -0.39 is 0 Å². The van der Waals surface area contributed by atoms with Gasteiger partial charge in [0.05, 0.1) is 30.6 Å². The summed E-state index contributed by atoms with van der Waals surface area (Å²) in [6.45, 7) is 1.66. The van der Waals surface area contributed by atoms with Gasteiger partial charge in [-0.2, -0.15) is 0 Å². The van der Waals surface area contributed by atoms with E-state index in [9.17, 15) is 0 Å². The standard InChI is InChI=1S/C13H18N4O2/c14-13(16-18)10-5-4-9(8-15-10)17-6-7-19-12-3-1-2-11(12)17/h4-5,8,11-12,18H,1-3,6-7H2,(H2,14,16). The second-order valence-electron chi connectivity index (χ2n) is 4.99. The van der Waals surface area contributed by atoms with Crippen molar-refractivity contribution in [2.24, 2.45) is 10.9 Å². The van der Waals surface area contributed by atoms with Gasteiger partial charge in [-0.1, -0.05) is 5.16 Å². The third-order valence-electron chi connectivity index (χ3n) is 3.93. The number of nitrogens with zero attached hydrogens (tertiary/aromatic N) is 3. The molecule has 102 valence electrons. The number of fused-ring (bicyclic) bond motifs is 1. The van der Waals surface area contributed by atoms with Gasteiger partial charge >= 0.3 is 0 Å². The minimum atomic E-state index is 0.0345. The Morgan fingerprint density at radius 3 is 3.11 bits per heavy atom. The van der Waals surface area contributed by atoms with Crippen LogP contribution in [0.25, 0.3) is 0 Å². The molecule has 2 aliphatic rings. The Bertz CT molecular complexity index is 474. The van der Waals surface area contributed by atoms with Gasteiger partial charge in [-0.3, -0.25) is 4.98 Å². The lowest BCUT2D eigenvalue weighted by molar-refractivity contribution is 0.0256. The minimum Gasteiger partial charge on any atom is -0.409 e. The van der Waals surface area contributed by atoms with Crippen LogP contribution in [0.3, 0.4) is 0 Å². The fourth-order valence-electron chi connectivity index (χ4n) is 3.00. The van der Waals surface area contributed by atoms with Gasteiger partial charge in [-0.05, 0) is 31.4 Å². The maximum atomic E-state index is 8.63. The molecule has 2 heterocycles. The number of anilines is 1. The highest BCUT2D eigenvalue weighted by molar-refractivity contribution is 5.95. The van der Waals surface area contributed by atoms with Crippen molar-refractivity contribution in [2.45, 2.75) is 31.4 Å². The zero-order chi connectivity index (χ0) is 13.2. The SMILES string of the molecule is N/C(=N/O)c1ccc(N2CCOC3CCCC32)cn1. The first-order valence-corrected chi connectivity index (χ1v) is 6.62. The van der Waals surface area contributed by atoms with Gasteiger partial charge in [0.15, 0.2) is 5.84 Å². The lowest BCUT2D eigenvalue weighted by atomic mass is 10.1.